The van der Waals surface area contributed by atoms with Gasteiger partial charge >= 0.3 is 5.97 Å². The van der Waals surface area contributed by atoms with Crippen LogP contribution in [0.5, 0.6) is 11.5 Å². The van der Waals surface area contributed by atoms with Crippen molar-refractivity contribution in [1.82, 2.24) is 5.32 Å². The number of aromatic hydroxyl groups is 1. The highest BCUT2D eigenvalue weighted by atomic mass is 16.6. The average molecular weight is 416 g/mol. The smallest absolute Gasteiger partial charge is 0.344 e. The first-order chi connectivity index (χ1) is 14.4. The van der Waals surface area contributed by atoms with Gasteiger partial charge in [-0.05, 0) is 62.2 Å². The van der Waals surface area contributed by atoms with E-state index in [0.717, 1.165) is 5.56 Å². The third-order valence-electron chi connectivity index (χ3n) is 4.50. The number of carbonyl (C=O) groups excluding carboxylic acids is 2. The van der Waals surface area contributed by atoms with Gasteiger partial charge in [-0.25, -0.2) is 4.79 Å². The fourth-order valence-corrected chi connectivity index (χ4v) is 2.89. The largest absolute Gasteiger partial charge is 0.508 e. The SMILES string of the molecule is CCOC(=O)COc1ccc(CCN[C@@H](C)[C@@H](O)c2ccc(O)cc2)cc1NC=O. The van der Waals surface area contributed by atoms with E-state index in [0.29, 0.717) is 36.4 Å². The Kier molecular flexibility index (Phi) is 9.11. The summed E-state index contributed by atoms with van der Waals surface area (Å²) in [6, 6.07) is 11.6. The van der Waals surface area contributed by atoms with Gasteiger partial charge in [0.1, 0.15) is 11.5 Å². The monoisotopic (exact) mass is 416 g/mol. The summed E-state index contributed by atoms with van der Waals surface area (Å²) in [5.74, 6) is 0.0490. The Morgan fingerprint density at radius 2 is 1.93 bits per heavy atom. The molecule has 8 nitrogen and oxygen atoms in total. The highest BCUT2D eigenvalue weighted by molar-refractivity contribution is 5.77. The Morgan fingerprint density at radius 1 is 1.20 bits per heavy atom. The minimum Gasteiger partial charge on any atom is -0.508 e. The van der Waals surface area contributed by atoms with E-state index >= 15 is 0 Å². The van der Waals surface area contributed by atoms with E-state index in [9.17, 15) is 19.8 Å². The molecule has 0 aliphatic carbocycles. The number of amides is 1. The van der Waals surface area contributed by atoms with Gasteiger partial charge in [0.2, 0.25) is 6.41 Å². The maximum absolute atomic E-state index is 11.5. The number of hydrogen-bond donors (Lipinski definition) is 4. The Balaban J connectivity index is 1.91. The summed E-state index contributed by atoms with van der Waals surface area (Å²) in [6.45, 7) is 4.22. The molecule has 162 valence electrons. The van der Waals surface area contributed by atoms with Crippen LogP contribution in [0.1, 0.15) is 31.1 Å². The maximum Gasteiger partial charge on any atom is 0.344 e. The molecule has 0 aliphatic rings. The van der Waals surface area contributed by atoms with Crippen LogP contribution in [-0.2, 0) is 20.7 Å². The maximum atomic E-state index is 11.5. The molecule has 4 N–H and O–H groups in total. The third kappa shape index (κ3) is 7.06. The molecule has 0 saturated heterocycles. The molecule has 2 aromatic carbocycles. The van der Waals surface area contributed by atoms with Gasteiger partial charge in [-0.2, -0.15) is 0 Å². The summed E-state index contributed by atoms with van der Waals surface area (Å²) in [5.41, 5.74) is 2.12. The second-order valence-corrected chi connectivity index (χ2v) is 6.72. The molecule has 0 saturated carbocycles. The van der Waals surface area contributed by atoms with Crippen molar-refractivity contribution in [3.63, 3.8) is 0 Å². The molecule has 0 unspecified atom stereocenters. The number of nitrogens with one attached hydrogen (secondary N) is 2. The first kappa shape index (κ1) is 23.2. The predicted octanol–water partition coefficient (Wildman–Crippen LogP) is 2.16. The number of hydrogen-bond acceptors (Lipinski definition) is 7. The standard InChI is InChI=1S/C22H28N2O6/c1-3-29-21(27)13-30-20-9-4-16(12-19(20)24-14-25)10-11-23-15(2)22(28)17-5-7-18(26)8-6-17/h4-9,12,14-15,22-23,26,28H,3,10-11,13H2,1-2H3,(H,24,25)/t15-,22+/m0/s1. The van der Waals surface area contributed by atoms with Gasteiger partial charge in [0, 0.05) is 6.04 Å². The number of esters is 1. The van der Waals surface area contributed by atoms with Gasteiger partial charge in [0.15, 0.2) is 6.61 Å². The van der Waals surface area contributed by atoms with Crippen LogP contribution in [0, 0.1) is 0 Å². The number of anilines is 1. The van der Waals surface area contributed by atoms with Crippen LogP contribution in [0.2, 0.25) is 0 Å². The summed E-state index contributed by atoms with van der Waals surface area (Å²) >= 11 is 0. The number of ether oxygens (including phenoxy) is 2. The van der Waals surface area contributed by atoms with Crippen LogP contribution >= 0.6 is 0 Å². The van der Waals surface area contributed by atoms with Crippen molar-refractivity contribution in [3.05, 3.63) is 53.6 Å². The summed E-state index contributed by atoms with van der Waals surface area (Å²) in [7, 11) is 0. The minimum absolute atomic E-state index is 0.154. The van der Waals surface area contributed by atoms with Crippen LogP contribution in [0.25, 0.3) is 0 Å². The second kappa shape index (κ2) is 11.8. The summed E-state index contributed by atoms with van der Waals surface area (Å²) in [6.07, 6.45) is 0.486. The Hall–Kier alpha value is -3.10. The van der Waals surface area contributed by atoms with E-state index < -0.39 is 12.1 Å². The number of aliphatic hydroxyl groups is 1. The Bertz CT molecular complexity index is 825. The van der Waals surface area contributed by atoms with E-state index in [-0.39, 0.29) is 25.0 Å². The van der Waals surface area contributed by atoms with Gasteiger partial charge in [-0.15, -0.1) is 0 Å². The molecule has 2 rings (SSSR count). The molecule has 0 bridgehead atoms. The lowest BCUT2D eigenvalue weighted by atomic mass is 10.0. The van der Waals surface area contributed by atoms with Crippen molar-refractivity contribution in [3.8, 4) is 11.5 Å². The zero-order valence-electron chi connectivity index (χ0n) is 17.1. The number of rotatable bonds is 12. The lowest BCUT2D eigenvalue weighted by Crippen LogP contribution is -2.33. The molecule has 2 atom stereocenters. The predicted molar refractivity (Wildman–Crippen MR) is 112 cm³/mol. The number of benzene rings is 2. The van der Waals surface area contributed by atoms with Crippen molar-refractivity contribution in [2.24, 2.45) is 0 Å². The zero-order valence-corrected chi connectivity index (χ0v) is 17.1. The highest BCUT2D eigenvalue weighted by Crippen LogP contribution is 2.26. The number of phenolic OH excluding ortho intramolecular Hbond substituents is 1. The van der Waals surface area contributed by atoms with Gasteiger partial charge in [-0.3, -0.25) is 4.79 Å². The molecule has 1 amide bonds. The molecule has 8 heteroatoms. The van der Waals surface area contributed by atoms with E-state index in [2.05, 4.69) is 10.6 Å². The van der Waals surface area contributed by atoms with E-state index in [1.165, 1.54) is 0 Å². The number of phenols is 1. The van der Waals surface area contributed by atoms with Crippen molar-refractivity contribution >= 4 is 18.1 Å². The van der Waals surface area contributed by atoms with Crippen LogP contribution in [-0.4, -0.2) is 48.4 Å². The minimum atomic E-state index is -0.712. The molecule has 30 heavy (non-hydrogen) atoms. The molecule has 0 fully saturated rings. The van der Waals surface area contributed by atoms with Gasteiger partial charge < -0.3 is 30.3 Å². The van der Waals surface area contributed by atoms with Crippen LogP contribution in [0.15, 0.2) is 42.5 Å². The first-order valence-electron chi connectivity index (χ1n) is 9.76. The fraction of sp³-hybridized carbons (Fsp3) is 0.364. The molecular formula is C22H28N2O6. The van der Waals surface area contributed by atoms with Crippen molar-refractivity contribution < 1.29 is 29.3 Å². The van der Waals surface area contributed by atoms with Crippen molar-refractivity contribution in [2.75, 3.05) is 25.1 Å². The van der Waals surface area contributed by atoms with Gasteiger partial charge in [0.05, 0.1) is 18.4 Å². The van der Waals surface area contributed by atoms with Crippen LogP contribution in [0.3, 0.4) is 0 Å². The average Bonchev–Trinajstić information content (AvgIpc) is 2.73. The quantitative estimate of drug-likeness (QED) is 0.309. The van der Waals surface area contributed by atoms with Gasteiger partial charge in [0.25, 0.3) is 0 Å². The molecule has 0 aromatic heterocycles. The molecule has 0 heterocycles. The number of carbonyl (C=O) groups is 2. The molecule has 0 aliphatic heterocycles. The molecular weight excluding hydrogens is 388 g/mol. The second-order valence-electron chi connectivity index (χ2n) is 6.72. The van der Waals surface area contributed by atoms with E-state index in [4.69, 9.17) is 9.47 Å². The lowest BCUT2D eigenvalue weighted by molar-refractivity contribution is -0.145. The first-order valence-corrected chi connectivity index (χ1v) is 9.76. The molecule has 0 radical (unpaired) electrons. The van der Waals surface area contributed by atoms with Crippen LogP contribution < -0.4 is 15.4 Å². The Labute approximate surface area is 175 Å². The fourth-order valence-electron chi connectivity index (χ4n) is 2.89. The summed E-state index contributed by atoms with van der Waals surface area (Å²) in [4.78, 5) is 22.4. The highest BCUT2D eigenvalue weighted by Gasteiger charge is 2.16. The van der Waals surface area contributed by atoms with Crippen molar-refractivity contribution in [2.45, 2.75) is 32.4 Å². The normalized spacial score (nSPS) is 12.6. The zero-order chi connectivity index (χ0) is 21.9. The van der Waals surface area contributed by atoms with E-state index in [1.54, 1.807) is 43.3 Å². The van der Waals surface area contributed by atoms with E-state index in [1.807, 2.05) is 13.0 Å². The molecule has 0 spiro atoms. The molecule has 2 aromatic rings. The van der Waals surface area contributed by atoms with Crippen molar-refractivity contribution in [1.29, 1.82) is 0 Å². The lowest BCUT2D eigenvalue weighted by Gasteiger charge is -2.21. The number of aliphatic hydroxyl groups excluding tert-OH is 1. The Morgan fingerprint density at radius 3 is 2.60 bits per heavy atom. The van der Waals surface area contributed by atoms with Crippen LogP contribution in [0.4, 0.5) is 5.69 Å². The summed E-state index contributed by atoms with van der Waals surface area (Å²) < 4.78 is 10.3. The summed E-state index contributed by atoms with van der Waals surface area (Å²) in [5, 5.41) is 25.6. The topological polar surface area (TPSA) is 117 Å². The van der Waals surface area contributed by atoms with Gasteiger partial charge in [-0.1, -0.05) is 18.2 Å². The third-order valence-corrected chi connectivity index (χ3v) is 4.50.